The second-order valence-electron chi connectivity index (χ2n) is 4.22. The minimum atomic E-state index is -0.200. The third kappa shape index (κ3) is 3.89. The molecule has 17 heavy (non-hydrogen) atoms. The Morgan fingerprint density at radius 1 is 1.71 bits per heavy atom. The van der Waals surface area contributed by atoms with Crippen molar-refractivity contribution in [1.29, 1.82) is 0 Å². The molecule has 0 bridgehead atoms. The molecule has 5 nitrogen and oxygen atoms in total. The van der Waals surface area contributed by atoms with Gasteiger partial charge in [0.25, 0.3) is 5.56 Å². The number of hydrogen-bond donors (Lipinski definition) is 2. The average molecular weight is 253 g/mol. The van der Waals surface area contributed by atoms with Crippen LogP contribution in [0.3, 0.4) is 0 Å². The molecule has 2 rings (SSSR count). The van der Waals surface area contributed by atoms with Gasteiger partial charge in [-0.25, -0.2) is 4.98 Å². The molecule has 1 aliphatic carbocycles. The molecule has 0 aromatic carbocycles. The zero-order chi connectivity index (χ0) is 12.3. The van der Waals surface area contributed by atoms with Crippen LogP contribution in [0.25, 0.3) is 0 Å². The highest BCUT2D eigenvalue weighted by molar-refractivity contribution is 7.99. The summed E-state index contributed by atoms with van der Waals surface area (Å²) in [5, 5.41) is 3.43. The molecular weight excluding hydrogens is 238 g/mol. The second-order valence-corrected chi connectivity index (χ2v) is 5.19. The highest BCUT2D eigenvalue weighted by Crippen LogP contribution is 2.32. The first-order valence-electron chi connectivity index (χ1n) is 5.62. The number of aromatic nitrogens is 2. The number of carbonyl (C=O) groups excluding carboxylic acids is 1. The van der Waals surface area contributed by atoms with Crippen molar-refractivity contribution in [1.82, 2.24) is 15.3 Å². The van der Waals surface area contributed by atoms with Gasteiger partial charge in [-0.15, -0.1) is 0 Å². The molecule has 0 radical (unpaired) electrons. The Balaban J connectivity index is 1.77. The van der Waals surface area contributed by atoms with E-state index in [1.807, 2.05) is 6.92 Å². The topological polar surface area (TPSA) is 74.8 Å². The van der Waals surface area contributed by atoms with Crippen LogP contribution < -0.4 is 10.9 Å². The summed E-state index contributed by atoms with van der Waals surface area (Å²) in [5.74, 6) is 0.920. The van der Waals surface area contributed by atoms with Crippen molar-refractivity contribution in [3.63, 3.8) is 0 Å². The lowest BCUT2D eigenvalue weighted by Gasteiger charge is -2.11. The number of amides is 1. The molecule has 1 fully saturated rings. The van der Waals surface area contributed by atoms with Gasteiger partial charge in [0, 0.05) is 18.3 Å². The number of nitrogens with zero attached hydrogens (tertiary/aromatic N) is 1. The lowest BCUT2D eigenvalue weighted by Crippen LogP contribution is -2.35. The van der Waals surface area contributed by atoms with Gasteiger partial charge in [0.2, 0.25) is 5.91 Å². The first kappa shape index (κ1) is 12.2. The van der Waals surface area contributed by atoms with Gasteiger partial charge in [0.15, 0.2) is 5.16 Å². The number of aromatic amines is 1. The molecule has 1 aromatic rings. The first-order chi connectivity index (χ1) is 8.15. The van der Waals surface area contributed by atoms with E-state index in [0.29, 0.717) is 11.1 Å². The first-order valence-corrected chi connectivity index (χ1v) is 6.61. The van der Waals surface area contributed by atoms with Crippen LogP contribution in [-0.2, 0) is 4.79 Å². The summed E-state index contributed by atoms with van der Waals surface area (Å²) in [4.78, 5) is 29.1. The number of thioether (sulfide) groups is 1. The van der Waals surface area contributed by atoms with Gasteiger partial charge < -0.3 is 10.3 Å². The summed E-state index contributed by atoms with van der Waals surface area (Å²) in [6.45, 7) is 2.03. The normalized spacial score (nSPS) is 16.5. The maximum atomic E-state index is 11.6. The summed E-state index contributed by atoms with van der Waals surface area (Å²) in [6, 6.07) is 1.60. The van der Waals surface area contributed by atoms with E-state index in [1.165, 1.54) is 36.9 Å². The van der Waals surface area contributed by atoms with Crippen molar-refractivity contribution < 1.29 is 4.79 Å². The standard InChI is InChI=1S/C11H15N3O2S/c1-7(8-2-3-8)13-10(16)6-17-11-12-5-4-9(15)14-11/h4-5,7-8H,2-3,6H2,1H3,(H,13,16)(H,12,14,15)/t7-/m1/s1. The zero-order valence-electron chi connectivity index (χ0n) is 9.60. The van der Waals surface area contributed by atoms with Gasteiger partial charge in [-0.05, 0) is 25.7 Å². The number of carbonyl (C=O) groups is 1. The Bertz CT molecular complexity index is 456. The molecule has 1 amide bonds. The predicted molar refractivity (Wildman–Crippen MR) is 65.9 cm³/mol. The Kier molecular flexibility index (Phi) is 3.83. The zero-order valence-corrected chi connectivity index (χ0v) is 10.4. The van der Waals surface area contributed by atoms with E-state index in [-0.39, 0.29) is 23.3 Å². The third-order valence-electron chi connectivity index (χ3n) is 2.71. The van der Waals surface area contributed by atoms with E-state index in [4.69, 9.17) is 0 Å². The Hall–Kier alpha value is -1.30. The molecule has 0 aliphatic heterocycles. The van der Waals surface area contributed by atoms with Crippen LogP contribution in [0.2, 0.25) is 0 Å². The van der Waals surface area contributed by atoms with E-state index in [1.54, 1.807) is 0 Å². The second kappa shape index (κ2) is 5.35. The predicted octanol–water partition coefficient (Wildman–Crippen LogP) is 0.777. The van der Waals surface area contributed by atoms with Crippen molar-refractivity contribution in [2.24, 2.45) is 5.92 Å². The molecule has 0 saturated heterocycles. The summed E-state index contributed by atoms with van der Waals surface area (Å²) < 4.78 is 0. The number of rotatable bonds is 5. The molecule has 6 heteroatoms. The lowest BCUT2D eigenvalue weighted by molar-refractivity contribution is -0.119. The van der Waals surface area contributed by atoms with Gasteiger partial charge >= 0.3 is 0 Å². The Morgan fingerprint density at radius 2 is 2.47 bits per heavy atom. The van der Waals surface area contributed by atoms with Crippen molar-refractivity contribution >= 4 is 17.7 Å². The van der Waals surface area contributed by atoms with Crippen LogP contribution in [0, 0.1) is 5.92 Å². The minimum Gasteiger partial charge on any atom is -0.353 e. The third-order valence-corrected chi connectivity index (χ3v) is 3.59. The maximum absolute atomic E-state index is 11.6. The molecule has 0 unspecified atom stereocenters. The van der Waals surface area contributed by atoms with Crippen molar-refractivity contribution in [2.75, 3.05) is 5.75 Å². The molecule has 1 aromatic heterocycles. The molecule has 1 heterocycles. The SMILES string of the molecule is C[C@@H](NC(=O)CSc1nccc(=O)[nH]1)C1CC1. The van der Waals surface area contributed by atoms with E-state index in [0.717, 1.165) is 0 Å². The maximum Gasteiger partial charge on any atom is 0.251 e. The van der Waals surface area contributed by atoms with E-state index in [2.05, 4.69) is 15.3 Å². The van der Waals surface area contributed by atoms with Crippen LogP contribution in [0.5, 0.6) is 0 Å². The molecule has 1 atom stereocenters. The van der Waals surface area contributed by atoms with E-state index in [9.17, 15) is 9.59 Å². The van der Waals surface area contributed by atoms with Crippen LogP contribution in [0.4, 0.5) is 0 Å². The molecule has 2 N–H and O–H groups in total. The molecular formula is C11H15N3O2S. The van der Waals surface area contributed by atoms with E-state index >= 15 is 0 Å². The summed E-state index contributed by atoms with van der Waals surface area (Å²) in [5.41, 5.74) is -0.200. The van der Waals surface area contributed by atoms with Crippen LogP contribution in [-0.4, -0.2) is 27.7 Å². The molecule has 1 aliphatic rings. The molecule has 92 valence electrons. The van der Waals surface area contributed by atoms with Gasteiger partial charge in [0.1, 0.15) is 0 Å². The van der Waals surface area contributed by atoms with E-state index < -0.39 is 0 Å². The van der Waals surface area contributed by atoms with Crippen molar-refractivity contribution in [2.45, 2.75) is 31.0 Å². The average Bonchev–Trinajstić information content (AvgIpc) is 3.10. The lowest BCUT2D eigenvalue weighted by atomic mass is 10.2. The van der Waals surface area contributed by atoms with Crippen LogP contribution in [0.15, 0.2) is 22.2 Å². The fourth-order valence-corrected chi connectivity index (χ4v) is 2.23. The van der Waals surface area contributed by atoms with Crippen LogP contribution in [0.1, 0.15) is 19.8 Å². The minimum absolute atomic E-state index is 0.0131. The van der Waals surface area contributed by atoms with Gasteiger partial charge in [-0.3, -0.25) is 9.59 Å². The fraction of sp³-hybridized carbons (Fsp3) is 0.545. The highest BCUT2D eigenvalue weighted by Gasteiger charge is 2.28. The van der Waals surface area contributed by atoms with Gasteiger partial charge in [-0.1, -0.05) is 11.8 Å². The van der Waals surface area contributed by atoms with Gasteiger partial charge in [0.05, 0.1) is 5.75 Å². The number of hydrogen-bond acceptors (Lipinski definition) is 4. The van der Waals surface area contributed by atoms with Crippen LogP contribution >= 0.6 is 11.8 Å². The Labute approximate surface area is 103 Å². The quantitative estimate of drug-likeness (QED) is 0.600. The van der Waals surface area contributed by atoms with Crippen molar-refractivity contribution in [3.8, 4) is 0 Å². The number of nitrogens with one attached hydrogen (secondary N) is 2. The monoisotopic (exact) mass is 253 g/mol. The molecule has 0 spiro atoms. The summed E-state index contributed by atoms with van der Waals surface area (Å²) >= 11 is 1.24. The van der Waals surface area contributed by atoms with Crippen molar-refractivity contribution in [3.05, 3.63) is 22.6 Å². The number of H-pyrrole nitrogens is 1. The highest BCUT2D eigenvalue weighted by atomic mass is 32.2. The molecule has 1 saturated carbocycles. The largest absolute Gasteiger partial charge is 0.353 e. The fourth-order valence-electron chi connectivity index (χ4n) is 1.57. The summed E-state index contributed by atoms with van der Waals surface area (Å²) in [7, 11) is 0. The smallest absolute Gasteiger partial charge is 0.251 e. The summed E-state index contributed by atoms with van der Waals surface area (Å²) in [6.07, 6.45) is 3.86. The van der Waals surface area contributed by atoms with Gasteiger partial charge in [-0.2, -0.15) is 0 Å². The Morgan fingerprint density at radius 3 is 3.12 bits per heavy atom.